The minimum absolute atomic E-state index is 0.00178. The number of carbonyl (C=O) groups excluding carboxylic acids is 2. The van der Waals surface area contributed by atoms with Gasteiger partial charge in [0.15, 0.2) is 0 Å². The largest absolute Gasteiger partial charge is 0.303 e. The van der Waals surface area contributed by atoms with Crippen LogP contribution < -0.4 is 5.32 Å². The molecule has 4 heteroatoms. The summed E-state index contributed by atoms with van der Waals surface area (Å²) in [5, 5.41) is 3.45. The van der Waals surface area contributed by atoms with E-state index in [0.29, 0.717) is 12.5 Å². The maximum atomic E-state index is 12.5. The topological polar surface area (TPSA) is 49.4 Å². The van der Waals surface area contributed by atoms with Gasteiger partial charge in [-0.2, -0.15) is 0 Å². The van der Waals surface area contributed by atoms with Gasteiger partial charge in [0, 0.05) is 12.1 Å². The van der Waals surface area contributed by atoms with Crippen LogP contribution in [0.3, 0.4) is 0 Å². The summed E-state index contributed by atoms with van der Waals surface area (Å²) in [4.78, 5) is 26.1. The highest BCUT2D eigenvalue weighted by molar-refractivity contribution is 6.05. The smallest absolute Gasteiger partial charge is 0.247 e. The van der Waals surface area contributed by atoms with Gasteiger partial charge >= 0.3 is 0 Å². The Morgan fingerprint density at radius 2 is 1.95 bits per heavy atom. The standard InChI is InChI=1S/C16H28N2O2/c1-4-13(5-2)18-15(19)10-14(16(18)20)17-12-8-6-7-11(3)9-12/h11-14,17H,4-10H2,1-3H3. The first-order valence-corrected chi connectivity index (χ1v) is 8.18. The van der Waals surface area contributed by atoms with E-state index in [0.717, 1.165) is 31.6 Å². The van der Waals surface area contributed by atoms with Crippen LogP contribution in [-0.4, -0.2) is 34.8 Å². The van der Waals surface area contributed by atoms with Crippen molar-refractivity contribution in [3.8, 4) is 0 Å². The van der Waals surface area contributed by atoms with E-state index in [9.17, 15) is 9.59 Å². The molecule has 1 heterocycles. The number of nitrogens with zero attached hydrogens (tertiary/aromatic N) is 1. The van der Waals surface area contributed by atoms with Crippen molar-refractivity contribution in [2.75, 3.05) is 0 Å². The third-order valence-corrected chi connectivity index (χ3v) is 4.86. The average molecular weight is 280 g/mol. The predicted octanol–water partition coefficient (Wildman–Crippen LogP) is 2.47. The summed E-state index contributed by atoms with van der Waals surface area (Å²) in [5.74, 6) is 0.732. The maximum absolute atomic E-state index is 12.5. The molecule has 0 bridgehead atoms. The van der Waals surface area contributed by atoms with Gasteiger partial charge in [-0.3, -0.25) is 14.5 Å². The van der Waals surface area contributed by atoms with Crippen LogP contribution in [-0.2, 0) is 9.59 Å². The molecule has 0 radical (unpaired) electrons. The molecule has 2 aliphatic rings. The van der Waals surface area contributed by atoms with E-state index >= 15 is 0 Å². The van der Waals surface area contributed by atoms with Gasteiger partial charge in [0.1, 0.15) is 0 Å². The van der Waals surface area contributed by atoms with E-state index in [-0.39, 0.29) is 23.9 Å². The van der Waals surface area contributed by atoms with Crippen molar-refractivity contribution < 1.29 is 9.59 Å². The van der Waals surface area contributed by atoms with Gasteiger partial charge in [0.05, 0.1) is 12.5 Å². The number of rotatable bonds is 5. The average Bonchev–Trinajstić information content (AvgIpc) is 2.68. The van der Waals surface area contributed by atoms with Crippen LogP contribution in [0.2, 0.25) is 0 Å². The summed E-state index contributed by atoms with van der Waals surface area (Å²) in [7, 11) is 0. The number of hydrogen-bond acceptors (Lipinski definition) is 3. The first-order chi connectivity index (χ1) is 9.56. The molecule has 0 aromatic carbocycles. The van der Waals surface area contributed by atoms with Crippen molar-refractivity contribution >= 4 is 11.8 Å². The SMILES string of the molecule is CCC(CC)N1C(=O)CC(NC2CCCC(C)C2)C1=O. The van der Waals surface area contributed by atoms with Crippen molar-refractivity contribution in [3.63, 3.8) is 0 Å². The van der Waals surface area contributed by atoms with Crippen molar-refractivity contribution in [2.45, 2.75) is 83.8 Å². The van der Waals surface area contributed by atoms with Gasteiger partial charge in [0.25, 0.3) is 0 Å². The molecule has 0 aromatic heterocycles. The Morgan fingerprint density at radius 3 is 2.55 bits per heavy atom. The highest BCUT2D eigenvalue weighted by Crippen LogP contribution is 2.26. The summed E-state index contributed by atoms with van der Waals surface area (Å²) in [6.07, 6.45) is 6.82. The molecular weight excluding hydrogens is 252 g/mol. The summed E-state index contributed by atoms with van der Waals surface area (Å²) < 4.78 is 0. The number of carbonyl (C=O) groups is 2. The fraction of sp³-hybridized carbons (Fsp3) is 0.875. The number of hydrogen-bond donors (Lipinski definition) is 1. The zero-order valence-corrected chi connectivity index (χ0v) is 13.0. The molecule has 1 saturated heterocycles. The van der Waals surface area contributed by atoms with E-state index in [4.69, 9.17) is 0 Å². The van der Waals surface area contributed by atoms with Crippen LogP contribution in [0.5, 0.6) is 0 Å². The molecule has 1 aliphatic carbocycles. The molecule has 0 spiro atoms. The van der Waals surface area contributed by atoms with Crippen LogP contribution in [0.1, 0.15) is 65.7 Å². The third-order valence-electron chi connectivity index (χ3n) is 4.86. The molecule has 1 saturated carbocycles. The molecule has 2 amide bonds. The fourth-order valence-electron chi connectivity index (χ4n) is 3.69. The molecule has 2 rings (SSSR count). The number of amides is 2. The van der Waals surface area contributed by atoms with E-state index in [1.165, 1.54) is 17.7 Å². The van der Waals surface area contributed by atoms with Crippen LogP contribution in [0.4, 0.5) is 0 Å². The number of nitrogens with one attached hydrogen (secondary N) is 1. The molecule has 114 valence electrons. The number of likely N-dealkylation sites (tertiary alicyclic amines) is 1. The fourth-order valence-corrected chi connectivity index (χ4v) is 3.69. The van der Waals surface area contributed by atoms with Gasteiger partial charge in [-0.1, -0.05) is 33.6 Å². The second-order valence-corrected chi connectivity index (χ2v) is 6.46. The van der Waals surface area contributed by atoms with Crippen LogP contribution in [0, 0.1) is 5.92 Å². The Kier molecular flexibility index (Phi) is 5.19. The molecule has 3 atom stereocenters. The maximum Gasteiger partial charge on any atom is 0.247 e. The number of imide groups is 1. The van der Waals surface area contributed by atoms with Gasteiger partial charge < -0.3 is 5.32 Å². The summed E-state index contributed by atoms with van der Waals surface area (Å²) in [6, 6.07) is 0.202. The van der Waals surface area contributed by atoms with Crippen molar-refractivity contribution in [2.24, 2.45) is 5.92 Å². The van der Waals surface area contributed by atoms with Crippen LogP contribution in [0.15, 0.2) is 0 Å². The van der Waals surface area contributed by atoms with Crippen LogP contribution >= 0.6 is 0 Å². The Labute approximate surface area is 122 Å². The molecule has 1 aliphatic heterocycles. The summed E-state index contributed by atoms with van der Waals surface area (Å²) >= 11 is 0. The van der Waals surface area contributed by atoms with E-state index in [1.807, 2.05) is 13.8 Å². The lowest BCUT2D eigenvalue weighted by Crippen LogP contribution is -2.47. The van der Waals surface area contributed by atoms with Crippen LogP contribution in [0.25, 0.3) is 0 Å². The lowest BCUT2D eigenvalue weighted by molar-refractivity contribution is -0.141. The normalized spacial score (nSPS) is 31.4. The van der Waals surface area contributed by atoms with Crippen molar-refractivity contribution in [1.82, 2.24) is 10.2 Å². The first kappa shape index (κ1) is 15.5. The second kappa shape index (κ2) is 6.70. The summed E-state index contributed by atoms with van der Waals surface area (Å²) in [6.45, 7) is 6.35. The van der Waals surface area contributed by atoms with Crippen molar-refractivity contribution in [1.29, 1.82) is 0 Å². The Bertz CT molecular complexity index is 365. The van der Waals surface area contributed by atoms with Gasteiger partial charge in [-0.25, -0.2) is 0 Å². The second-order valence-electron chi connectivity index (χ2n) is 6.46. The molecule has 3 unspecified atom stereocenters. The highest BCUT2D eigenvalue weighted by Gasteiger charge is 2.42. The minimum Gasteiger partial charge on any atom is -0.303 e. The first-order valence-electron chi connectivity index (χ1n) is 8.18. The van der Waals surface area contributed by atoms with Crippen molar-refractivity contribution in [3.05, 3.63) is 0 Å². The highest BCUT2D eigenvalue weighted by atomic mass is 16.2. The molecule has 4 nitrogen and oxygen atoms in total. The predicted molar refractivity (Wildman–Crippen MR) is 79.2 cm³/mol. The molecular formula is C16H28N2O2. The molecule has 0 aromatic rings. The lowest BCUT2D eigenvalue weighted by Gasteiger charge is -2.30. The Balaban J connectivity index is 1.97. The molecule has 20 heavy (non-hydrogen) atoms. The van der Waals surface area contributed by atoms with Gasteiger partial charge in [0.2, 0.25) is 11.8 Å². The molecule has 2 fully saturated rings. The monoisotopic (exact) mass is 280 g/mol. The third kappa shape index (κ3) is 3.22. The van der Waals surface area contributed by atoms with E-state index in [2.05, 4.69) is 12.2 Å². The summed E-state index contributed by atoms with van der Waals surface area (Å²) in [5.41, 5.74) is 0. The van der Waals surface area contributed by atoms with Gasteiger partial charge in [-0.05, 0) is 31.6 Å². The quantitative estimate of drug-likeness (QED) is 0.787. The van der Waals surface area contributed by atoms with E-state index < -0.39 is 0 Å². The lowest BCUT2D eigenvalue weighted by atomic mass is 9.86. The Hall–Kier alpha value is -0.900. The van der Waals surface area contributed by atoms with Gasteiger partial charge in [-0.15, -0.1) is 0 Å². The van der Waals surface area contributed by atoms with E-state index in [1.54, 1.807) is 0 Å². The minimum atomic E-state index is -0.279. The zero-order valence-electron chi connectivity index (χ0n) is 13.0. The Morgan fingerprint density at radius 1 is 1.25 bits per heavy atom. The zero-order chi connectivity index (χ0) is 14.7. The molecule has 1 N–H and O–H groups in total.